The van der Waals surface area contributed by atoms with Gasteiger partial charge in [-0.15, -0.1) is 0 Å². The molecule has 3 N–H and O–H groups in total. The number of hydrogen-bond acceptors (Lipinski definition) is 6. The first-order chi connectivity index (χ1) is 14.4. The van der Waals surface area contributed by atoms with E-state index in [1.807, 2.05) is 12.3 Å². The molecule has 10 heteroatoms. The molecule has 0 aliphatic carbocycles. The van der Waals surface area contributed by atoms with E-state index in [0.717, 1.165) is 0 Å². The van der Waals surface area contributed by atoms with Gasteiger partial charge >= 0.3 is 0 Å². The number of nitrogens with one attached hydrogen (secondary N) is 3. The highest BCUT2D eigenvalue weighted by Gasteiger charge is 2.21. The normalized spacial score (nSPS) is 12.1. The number of hydrogen-bond donors (Lipinski definition) is 3. The third-order valence-electron chi connectivity index (χ3n) is 4.08. The van der Waals surface area contributed by atoms with Crippen LogP contribution in [0.15, 0.2) is 59.5 Å². The quantitative estimate of drug-likeness (QED) is 0.481. The molecule has 0 radical (unpaired) electrons. The zero-order chi connectivity index (χ0) is 22.0. The Morgan fingerprint density at radius 2 is 1.73 bits per heavy atom. The highest BCUT2D eigenvalue weighted by atomic mass is 32.2. The van der Waals surface area contributed by atoms with E-state index in [0.29, 0.717) is 23.6 Å². The van der Waals surface area contributed by atoms with E-state index in [2.05, 4.69) is 15.4 Å². The van der Waals surface area contributed by atoms with Crippen LogP contribution in [-0.4, -0.2) is 51.9 Å². The van der Waals surface area contributed by atoms with E-state index in [9.17, 15) is 18.0 Å². The summed E-state index contributed by atoms with van der Waals surface area (Å²) in [4.78, 5) is 25.0. The highest BCUT2D eigenvalue weighted by Crippen LogP contribution is 2.15. The van der Waals surface area contributed by atoms with Crippen molar-refractivity contribution < 1.29 is 22.7 Å². The Balaban J connectivity index is 1.97. The molecule has 1 unspecified atom stereocenters. The van der Waals surface area contributed by atoms with Gasteiger partial charge in [-0.1, -0.05) is 18.2 Å². The van der Waals surface area contributed by atoms with Gasteiger partial charge in [0.05, 0.1) is 4.90 Å². The van der Waals surface area contributed by atoms with Crippen LogP contribution >= 0.6 is 11.8 Å². The number of para-hydroxylation sites is 1. The maximum Gasteiger partial charge on any atom is 0.258 e. The Hall–Kier alpha value is -2.56. The Kier molecular flexibility index (Phi) is 9.15. The second-order valence-corrected chi connectivity index (χ2v) is 9.10. The van der Waals surface area contributed by atoms with Crippen molar-refractivity contribution in [2.75, 3.05) is 31.0 Å². The summed E-state index contributed by atoms with van der Waals surface area (Å²) in [7, 11) is -2.23. The van der Waals surface area contributed by atoms with Gasteiger partial charge in [0, 0.05) is 5.69 Å². The molecule has 2 amide bonds. The lowest BCUT2D eigenvalue weighted by Crippen LogP contribution is -2.45. The minimum absolute atomic E-state index is 0.0910. The molecule has 0 aliphatic heterocycles. The molecule has 0 spiro atoms. The van der Waals surface area contributed by atoms with Crippen LogP contribution in [0.4, 0.5) is 5.69 Å². The van der Waals surface area contributed by atoms with Crippen LogP contribution in [0.2, 0.25) is 0 Å². The van der Waals surface area contributed by atoms with Gasteiger partial charge in [-0.2, -0.15) is 11.8 Å². The molecule has 30 heavy (non-hydrogen) atoms. The van der Waals surface area contributed by atoms with Crippen LogP contribution in [-0.2, 0) is 19.6 Å². The lowest BCUT2D eigenvalue weighted by Gasteiger charge is -2.18. The van der Waals surface area contributed by atoms with Crippen LogP contribution < -0.4 is 20.1 Å². The highest BCUT2D eigenvalue weighted by molar-refractivity contribution is 7.98. The Bertz CT molecular complexity index is 935. The SMILES string of the molecule is CNS(=O)(=O)c1ccc(NC(=O)C(CCSC)NC(=O)COc2ccccc2)cc1. The van der Waals surface area contributed by atoms with E-state index in [1.165, 1.54) is 31.3 Å². The van der Waals surface area contributed by atoms with Gasteiger partial charge in [0.15, 0.2) is 6.61 Å². The molecule has 0 aromatic heterocycles. The summed E-state index contributed by atoms with van der Waals surface area (Å²) < 4.78 is 31.2. The lowest BCUT2D eigenvalue weighted by molar-refractivity contribution is -0.127. The number of anilines is 1. The van der Waals surface area contributed by atoms with E-state index < -0.39 is 22.0 Å². The number of carbonyl (C=O) groups is 2. The molecule has 0 aliphatic rings. The van der Waals surface area contributed by atoms with Crippen molar-refractivity contribution >= 4 is 39.3 Å². The first-order valence-electron chi connectivity index (χ1n) is 9.16. The van der Waals surface area contributed by atoms with E-state index in [4.69, 9.17) is 4.74 Å². The van der Waals surface area contributed by atoms with Crippen molar-refractivity contribution in [3.63, 3.8) is 0 Å². The Morgan fingerprint density at radius 1 is 1.07 bits per heavy atom. The average molecular weight is 452 g/mol. The fourth-order valence-electron chi connectivity index (χ4n) is 2.47. The molecule has 0 saturated carbocycles. The van der Waals surface area contributed by atoms with Gasteiger partial charge in [0.2, 0.25) is 15.9 Å². The van der Waals surface area contributed by atoms with Crippen molar-refractivity contribution in [2.45, 2.75) is 17.4 Å². The van der Waals surface area contributed by atoms with Crippen molar-refractivity contribution in [3.8, 4) is 5.75 Å². The maximum absolute atomic E-state index is 12.7. The van der Waals surface area contributed by atoms with Crippen molar-refractivity contribution in [2.24, 2.45) is 0 Å². The van der Waals surface area contributed by atoms with Gasteiger partial charge in [-0.05, 0) is 61.9 Å². The smallest absolute Gasteiger partial charge is 0.258 e. The summed E-state index contributed by atoms with van der Waals surface area (Å²) in [6.07, 6.45) is 2.35. The average Bonchev–Trinajstić information content (AvgIpc) is 2.76. The number of benzene rings is 2. The third kappa shape index (κ3) is 7.36. The monoisotopic (exact) mass is 451 g/mol. The van der Waals surface area contributed by atoms with Crippen LogP contribution in [0.3, 0.4) is 0 Å². The summed E-state index contributed by atoms with van der Waals surface area (Å²) in [5.41, 5.74) is 0.430. The second kappa shape index (κ2) is 11.6. The molecule has 8 nitrogen and oxygen atoms in total. The Labute approximate surface area is 180 Å². The zero-order valence-corrected chi connectivity index (χ0v) is 18.4. The van der Waals surface area contributed by atoms with E-state index in [1.54, 1.807) is 36.0 Å². The van der Waals surface area contributed by atoms with Crippen LogP contribution in [0, 0.1) is 0 Å². The lowest BCUT2D eigenvalue weighted by atomic mass is 10.2. The van der Waals surface area contributed by atoms with Crippen molar-refractivity contribution in [1.29, 1.82) is 0 Å². The van der Waals surface area contributed by atoms with E-state index >= 15 is 0 Å². The van der Waals surface area contributed by atoms with E-state index in [-0.39, 0.29) is 17.4 Å². The standard InChI is InChI=1S/C20H25N3O5S2/c1-21-30(26,27)17-10-8-15(9-11-17)22-20(25)18(12-13-29-2)23-19(24)14-28-16-6-4-3-5-7-16/h3-11,18,21H,12-14H2,1-2H3,(H,22,25)(H,23,24). The molecular formula is C20H25N3O5S2. The zero-order valence-electron chi connectivity index (χ0n) is 16.8. The summed E-state index contributed by atoms with van der Waals surface area (Å²) >= 11 is 1.56. The number of amides is 2. The molecule has 1 atom stereocenters. The first-order valence-corrected chi connectivity index (χ1v) is 12.0. The van der Waals surface area contributed by atoms with Gasteiger partial charge in [-0.3, -0.25) is 9.59 Å². The third-order valence-corrected chi connectivity index (χ3v) is 6.15. The molecule has 2 rings (SSSR count). The number of sulfonamides is 1. The van der Waals surface area contributed by atoms with Crippen molar-refractivity contribution in [3.05, 3.63) is 54.6 Å². The summed E-state index contributed by atoms with van der Waals surface area (Å²) in [5, 5.41) is 5.40. The minimum atomic E-state index is -3.55. The van der Waals surface area contributed by atoms with Crippen LogP contribution in [0.1, 0.15) is 6.42 Å². The summed E-state index contributed by atoms with van der Waals surface area (Å²) in [6, 6.07) is 14.0. The molecule has 2 aromatic carbocycles. The fourth-order valence-corrected chi connectivity index (χ4v) is 3.67. The number of carbonyl (C=O) groups excluding carboxylic acids is 2. The predicted octanol–water partition coefficient (Wildman–Crippen LogP) is 1.85. The number of thioether (sulfide) groups is 1. The summed E-state index contributed by atoms with van der Waals surface area (Å²) in [5.74, 6) is 0.448. The van der Waals surface area contributed by atoms with Gasteiger partial charge in [0.1, 0.15) is 11.8 Å². The minimum Gasteiger partial charge on any atom is -0.484 e. The molecule has 0 saturated heterocycles. The second-order valence-electron chi connectivity index (χ2n) is 6.22. The van der Waals surface area contributed by atoms with Gasteiger partial charge < -0.3 is 15.4 Å². The number of rotatable bonds is 11. The van der Waals surface area contributed by atoms with Gasteiger partial charge in [0.25, 0.3) is 5.91 Å². The summed E-state index contributed by atoms with van der Waals surface area (Å²) in [6.45, 7) is -0.205. The first kappa shape index (κ1) is 23.7. The molecule has 162 valence electrons. The molecule has 0 bridgehead atoms. The topological polar surface area (TPSA) is 114 Å². The molecule has 0 heterocycles. The van der Waals surface area contributed by atoms with Gasteiger partial charge in [-0.25, -0.2) is 13.1 Å². The van der Waals surface area contributed by atoms with Crippen LogP contribution in [0.25, 0.3) is 0 Å². The number of ether oxygens (including phenoxy) is 1. The fraction of sp³-hybridized carbons (Fsp3) is 0.300. The molecule has 2 aromatic rings. The predicted molar refractivity (Wildman–Crippen MR) is 118 cm³/mol. The molecule has 0 fully saturated rings. The van der Waals surface area contributed by atoms with Crippen LogP contribution in [0.5, 0.6) is 5.75 Å². The maximum atomic E-state index is 12.7. The molecular weight excluding hydrogens is 426 g/mol. The largest absolute Gasteiger partial charge is 0.484 e. The van der Waals surface area contributed by atoms with Crippen molar-refractivity contribution in [1.82, 2.24) is 10.0 Å². The Morgan fingerprint density at radius 3 is 2.33 bits per heavy atom.